The van der Waals surface area contributed by atoms with E-state index in [-0.39, 0.29) is 11.5 Å². The second-order valence-corrected chi connectivity index (χ2v) is 6.47. The molecule has 0 saturated heterocycles. The molecule has 0 fully saturated rings. The van der Waals surface area contributed by atoms with Crippen LogP contribution in [0.3, 0.4) is 0 Å². The van der Waals surface area contributed by atoms with E-state index in [1.165, 1.54) is 26.4 Å². The quantitative estimate of drug-likeness (QED) is 0.806. The molecule has 0 aliphatic heterocycles. The first-order chi connectivity index (χ1) is 11.6. The number of rotatable bonds is 5. The van der Waals surface area contributed by atoms with Crippen LogP contribution in [-0.2, 0) is 16.2 Å². The van der Waals surface area contributed by atoms with Gasteiger partial charge < -0.3 is 9.47 Å². The Balaban J connectivity index is 2.50. The molecular weight excluding hydrogens is 366 g/mol. The highest BCUT2D eigenvalue weighted by molar-refractivity contribution is 7.92. The summed E-state index contributed by atoms with van der Waals surface area (Å²) in [6.07, 6.45) is -4.75. The molecule has 25 heavy (non-hydrogen) atoms. The first-order valence-corrected chi connectivity index (χ1v) is 8.18. The van der Waals surface area contributed by atoms with Crippen LogP contribution in [0.2, 0.25) is 0 Å². The molecule has 0 radical (unpaired) electrons. The first-order valence-electron chi connectivity index (χ1n) is 6.70. The van der Waals surface area contributed by atoms with E-state index in [9.17, 15) is 26.0 Å². The Morgan fingerprint density at radius 1 is 1.00 bits per heavy atom. The third-order valence-electron chi connectivity index (χ3n) is 3.20. The van der Waals surface area contributed by atoms with Crippen molar-refractivity contribution in [1.82, 2.24) is 0 Å². The van der Waals surface area contributed by atoms with Gasteiger partial charge in [-0.1, -0.05) is 0 Å². The summed E-state index contributed by atoms with van der Waals surface area (Å²) in [6, 6.07) is 5.26. The summed E-state index contributed by atoms with van der Waals surface area (Å²) in [4.78, 5) is -0.411. The van der Waals surface area contributed by atoms with Gasteiger partial charge in [-0.05, 0) is 30.3 Å². The van der Waals surface area contributed by atoms with Crippen molar-refractivity contribution >= 4 is 15.7 Å². The van der Waals surface area contributed by atoms with E-state index in [1.807, 2.05) is 0 Å². The second kappa shape index (κ2) is 6.79. The van der Waals surface area contributed by atoms with Crippen LogP contribution in [0, 0.1) is 5.82 Å². The normalized spacial score (nSPS) is 11.9. The molecule has 0 bridgehead atoms. The number of alkyl halides is 3. The van der Waals surface area contributed by atoms with E-state index in [4.69, 9.17) is 9.47 Å². The SMILES string of the molecule is COc1ccc(OC)c(S(=O)(=O)Nc2cc(C(F)(F)F)ccc2F)c1. The lowest BCUT2D eigenvalue weighted by Crippen LogP contribution is -2.16. The van der Waals surface area contributed by atoms with Crippen molar-refractivity contribution in [3.05, 3.63) is 47.8 Å². The predicted octanol–water partition coefficient (Wildman–Crippen LogP) is 3.66. The molecule has 0 spiro atoms. The monoisotopic (exact) mass is 379 g/mol. The molecule has 0 amide bonds. The van der Waals surface area contributed by atoms with Gasteiger partial charge in [-0.2, -0.15) is 13.2 Å². The Kier molecular flexibility index (Phi) is 5.12. The highest BCUT2D eigenvalue weighted by Crippen LogP contribution is 2.34. The number of methoxy groups -OCH3 is 2. The minimum atomic E-state index is -4.75. The van der Waals surface area contributed by atoms with Crippen molar-refractivity contribution < 1.29 is 35.5 Å². The molecule has 0 aliphatic rings. The third-order valence-corrected chi connectivity index (χ3v) is 4.59. The van der Waals surface area contributed by atoms with Gasteiger partial charge in [-0.15, -0.1) is 0 Å². The molecular formula is C15H13F4NO4S. The lowest BCUT2D eigenvalue weighted by molar-refractivity contribution is -0.137. The predicted molar refractivity (Wildman–Crippen MR) is 81.8 cm³/mol. The summed E-state index contributed by atoms with van der Waals surface area (Å²) >= 11 is 0. The first kappa shape index (κ1) is 18.8. The van der Waals surface area contributed by atoms with Gasteiger partial charge in [0.05, 0.1) is 25.5 Å². The van der Waals surface area contributed by atoms with E-state index in [0.717, 1.165) is 6.07 Å². The van der Waals surface area contributed by atoms with E-state index in [0.29, 0.717) is 18.2 Å². The van der Waals surface area contributed by atoms with E-state index >= 15 is 0 Å². The fourth-order valence-corrected chi connectivity index (χ4v) is 3.22. The van der Waals surface area contributed by atoms with Gasteiger partial charge in [0.15, 0.2) is 0 Å². The molecule has 0 atom stereocenters. The molecule has 1 N–H and O–H groups in total. The summed E-state index contributed by atoms with van der Waals surface area (Å²) in [5.74, 6) is -1.06. The van der Waals surface area contributed by atoms with Crippen molar-refractivity contribution in [1.29, 1.82) is 0 Å². The van der Waals surface area contributed by atoms with Gasteiger partial charge in [-0.3, -0.25) is 4.72 Å². The highest BCUT2D eigenvalue weighted by Gasteiger charge is 2.32. The Hall–Kier alpha value is -2.49. The topological polar surface area (TPSA) is 64.6 Å². The lowest BCUT2D eigenvalue weighted by Gasteiger charge is -2.14. The van der Waals surface area contributed by atoms with Crippen molar-refractivity contribution in [2.45, 2.75) is 11.1 Å². The van der Waals surface area contributed by atoms with Crippen LogP contribution in [0.4, 0.5) is 23.2 Å². The largest absolute Gasteiger partial charge is 0.497 e. The Morgan fingerprint density at radius 3 is 2.24 bits per heavy atom. The molecule has 0 heterocycles. The van der Waals surface area contributed by atoms with Gasteiger partial charge in [0.1, 0.15) is 22.2 Å². The van der Waals surface area contributed by atoms with E-state index in [1.54, 1.807) is 4.72 Å². The highest BCUT2D eigenvalue weighted by atomic mass is 32.2. The molecule has 136 valence electrons. The zero-order valence-electron chi connectivity index (χ0n) is 13.0. The fourth-order valence-electron chi connectivity index (χ4n) is 1.97. The Labute approximate surface area is 141 Å². The average molecular weight is 379 g/mol. The minimum Gasteiger partial charge on any atom is -0.497 e. The molecule has 5 nitrogen and oxygen atoms in total. The Morgan fingerprint density at radius 2 is 1.68 bits per heavy atom. The maximum Gasteiger partial charge on any atom is 0.416 e. The molecule has 0 aromatic heterocycles. The molecule has 0 aliphatic carbocycles. The number of sulfonamides is 1. The van der Waals surface area contributed by atoms with Crippen molar-refractivity contribution in [2.75, 3.05) is 18.9 Å². The maximum atomic E-state index is 13.8. The smallest absolute Gasteiger partial charge is 0.416 e. The number of anilines is 1. The zero-order chi connectivity index (χ0) is 18.8. The summed E-state index contributed by atoms with van der Waals surface area (Å²) < 4.78 is 88.6. The van der Waals surface area contributed by atoms with E-state index in [2.05, 4.69) is 0 Å². The van der Waals surface area contributed by atoms with Gasteiger partial charge in [0.25, 0.3) is 10.0 Å². The summed E-state index contributed by atoms with van der Waals surface area (Å²) in [6.45, 7) is 0. The number of hydrogen-bond donors (Lipinski definition) is 1. The van der Waals surface area contributed by atoms with Gasteiger partial charge in [0, 0.05) is 6.07 Å². The second-order valence-electron chi connectivity index (χ2n) is 4.81. The van der Waals surface area contributed by atoms with Crippen LogP contribution in [0.1, 0.15) is 5.56 Å². The molecule has 0 unspecified atom stereocenters. The van der Waals surface area contributed by atoms with Gasteiger partial charge in [0.2, 0.25) is 0 Å². The number of benzene rings is 2. The van der Waals surface area contributed by atoms with Crippen LogP contribution < -0.4 is 14.2 Å². The third kappa shape index (κ3) is 4.13. The van der Waals surface area contributed by atoms with Crippen LogP contribution >= 0.6 is 0 Å². The molecule has 10 heteroatoms. The van der Waals surface area contributed by atoms with Gasteiger partial charge >= 0.3 is 6.18 Å². The number of halogens is 4. The molecule has 2 aromatic rings. The summed E-state index contributed by atoms with van der Waals surface area (Å²) in [7, 11) is -1.92. The molecule has 2 rings (SSSR count). The number of ether oxygens (including phenoxy) is 2. The van der Waals surface area contributed by atoms with Crippen molar-refractivity contribution in [3.8, 4) is 11.5 Å². The lowest BCUT2D eigenvalue weighted by atomic mass is 10.2. The van der Waals surface area contributed by atoms with Crippen LogP contribution in [0.5, 0.6) is 11.5 Å². The summed E-state index contributed by atoms with van der Waals surface area (Å²) in [5, 5.41) is 0. The minimum absolute atomic E-state index is 0.0827. The van der Waals surface area contributed by atoms with E-state index < -0.39 is 38.2 Å². The zero-order valence-corrected chi connectivity index (χ0v) is 13.8. The number of nitrogens with one attached hydrogen (secondary N) is 1. The Bertz CT molecular complexity index is 882. The molecule has 0 saturated carbocycles. The van der Waals surface area contributed by atoms with Crippen LogP contribution in [-0.4, -0.2) is 22.6 Å². The fraction of sp³-hybridized carbons (Fsp3) is 0.200. The average Bonchev–Trinajstić information content (AvgIpc) is 2.55. The standard InChI is InChI=1S/C15H13F4NO4S/c1-23-10-4-6-13(24-2)14(8-10)25(21,22)20-12-7-9(15(17,18)19)3-5-11(12)16/h3-8,20H,1-2H3. The maximum absolute atomic E-state index is 13.8. The summed E-state index contributed by atoms with van der Waals surface area (Å²) in [5.41, 5.74) is -2.02. The van der Waals surface area contributed by atoms with Crippen molar-refractivity contribution in [3.63, 3.8) is 0 Å². The van der Waals surface area contributed by atoms with Crippen LogP contribution in [0.15, 0.2) is 41.3 Å². The van der Waals surface area contributed by atoms with Gasteiger partial charge in [-0.25, -0.2) is 12.8 Å². The molecule has 2 aromatic carbocycles. The van der Waals surface area contributed by atoms with Crippen molar-refractivity contribution in [2.24, 2.45) is 0 Å². The number of hydrogen-bond acceptors (Lipinski definition) is 4. The van der Waals surface area contributed by atoms with Crippen LogP contribution in [0.25, 0.3) is 0 Å².